The lowest BCUT2D eigenvalue weighted by Gasteiger charge is -2.10. The van der Waals surface area contributed by atoms with Crippen LogP contribution in [0, 0.1) is 0 Å². The van der Waals surface area contributed by atoms with Gasteiger partial charge in [0.15, 0.2) is 17.3 Å². The van der Waals surface area contributed by atoms with Crippen molar-refractivity contribution in [2.45, 2.75) is 6.92 Å². The van der Waals surface area contributed by atoms with Gasteiger partial charge in [-0.1, -0.05) is 18.2 Å². The van der Waals surface area contributed by atoms with Gasteiger partial charge in [0.1, 0.15) is 0 Å². The lowest BCUT2D eigenvalue weighted by Crippen LogP contribution is -2.14. The molecule has 0 radical (unpaired) electrons. The van der Waals surface area contributed by atoms with E-state index in [1.807, 2.05) is 29.6 Å². The molecule has 1 amide bonds. The van der Waals surface area contributed by atoms with Gasteiger partial charge < -0.3 is 14.8 Å². The Labute approximate surface area is 141 Å². The Morgan fingerprint density at radius 3 is 2.62 bits per heavy atom. The predicted molar refractivity (Wildman–Crippen MR) is 92.3 cm³/mol. The molecule has 0 saturated heterocycles. The van der Waals surface area contributed by atoms with Crippen LogP contribution in [0.1, 0.15) is 27.6 Å². The number of rotatable bonds is 3. The van der Waals surface area contributed by atoms with E-state index in [0.29, 0.717) is 28.3 Å². The van der Waals surface area contributed by atoms with E-state index in [4.69, 9.17) is 9.47 Å². The molecule has 6 heteroatoms. The molecule has 2 heterocycles. The summed E-state index contributed by atoms with van der Waals surface area (Å²) in [6.07, 6.45) is 0. The van der Waals surface area contributed by atoms with Gasteiger partial charge in [0.2, 0.25) is 6.79 Å². The molecule has 120 valence electrons. The van der Waals surface area contributed by atoms with Crippen LogP contribution < -0.4 is 14.8 Å². The summed E-state index contributed by atoms with van der Waals surface area (Å²) in [5, 5.41) is 5.54. The normalized spacial score (nSPS) is 12.4. The lowest BCUT2D eigenvalue weighted by atomic mass is 10.1. The predicted octanol–water partition coefficient (Wildman–Crippen LogP) is 4.08. The van der Waals surface area contributed by atoms with Crippen molar-refractivity contribution in [3.63, 3.8) is 0 Å². The summed E-state index contributed by atoms with van der Waals surface area (Å²) in [5.41, 5.74) is 1.40. The summed E-state index contributed by atoms with van der Waals surface area (Å²) in [4.78, 5) is 24.6. The van der Waals surface area contributed by atoms with Gasteiger partial charge in [0.25, 0.3) is 5.91 Å². The first-order chi connectivity index (χ1) is 11.6. The van der Waals surface area contributed by atoms with E-state index in [0.717, 1.165) is 10.1 Å². The van der Waals surface area contributed by atoms with E-state index in [2.05, 4.69) is 5.32 Å². The van der Waals surface area contributed by atoms with Gasteiger partial charge in [-0.25, -0.2) is 0 Å². The summed E-state index contributed by atoms with van der Waals surface area (Å²) in [7, 11) is 0. The zero-order chi connectivity index (χ0) is 16.7. The maximum absolute atomic E-state index is 12.7. The molecule has 2 aromatic carbocycles. The van der Waals surface area contributed by atoms with Crippen LogP contribution in [-0.2, 0) is 0 Å². The largest absolute Gasteiger partial charge is 0.454 e. The quantitative estimate of drug-likeness (QED) is 0.730. The maximum Gasteiger partial charge on any atom is 0.257 e. The first-order valence-electron chi connectivity index (χ1n) is 7.35. The molecule has 0 saturated carbocycles. The Balaban J connectivity index is 1.72. The number of ether oxygens (including phenoxy) is 2. The Kier molecular flexibility index (Phi) is 3.46. The fraction of sp³-hybridized carbons (Fsp3) is 0.111. The highest BCUT2D eigenvalue weighted by Crippen LogP contribution is 2.37. The number of carbonyl (C=O) groups is 2. The third-order valence-electron chi connectivity index (χ3n) is 3.87. The van der Waals surface area contributed by atoms with Crippen LogP contribution >= 0.6 is 11.3 Å². The number of benzene rings is 2. The average molecular weight is 339 g/mol. The van der Waals surface area contributed by atoms with Crippen molar-refractivity contribution < 1.29 is 19.1 Å². The summed E-state index contributed by atoms with van der Waals surface area (Å²) >= 11 is 1.51. The Morgan fingerprint density at radius 1 is 1.08 bits per heavy atom. The van der Waals surface area contributed by atoms with Crippen LogP contribution in [0.25, 0.3) is 10.1 Å². The van der Waals surface area contributed by atoms with Gasteiger partial charge in [-0.2, -0.15) is 0 Å². The molecule has 3 aromatic rings. The van der Waals surface area contributed by atoms with E-state index >= 15 is 0 Å². The minimum Gasteiger partial charge on any atom is -0.454 e. The first kappa shape index (κ1) is 14.7. The van der Waals surface area contributed by atoms with Crippen molar-refractivity contribution in [1.82, 2.24) is 0 Å². The number of anilines is 1. The SMILES string of the molecule is CC(=O)c1cc2c(cc1NC(=O)c1csc3ccccc13)OCO2. The van der Waals surface area contributed by atoms with Gasteiger partial charge in [-0.3, -0.25) is 9.59 Å². The highest BCUT2D eigenvalue weighted by molar-refractivity contribution is 7.17. The summed E-state index contributed by atoms with van der Waals surface area (Å²) in [6, 6.07) is 10.9. The summed E-state index contributed by atoms with van der Waals surface area (Å²) in [5.74, 6) is 0.622. The van der Waals surface area contributed by atoms with Crippen molar-refractivity contribution in [3.8, 4) is 11.5 Å². The molecule has 5 nitrogen and oxygen atoms in total. The Morgan fingerprint density at radius 2 is 1.83 bits per heavy atom. The molecule has 1 N–H and O–H groups in total. The maximum atomic E-state index is 12.7. The number of Topliss-reactive ketones (excluding diaryl/α,β-unsaturated/α-hetero) is 1. The third kappa shape index (κ3) is 2.41. The Hall–Kier alpha value is -2.86. The highest BCUT2D eigenvalue weighted by Gasteiger charge is 2.21. The topological polar surface area (TPSA) is 64.6 Å². The third-order valence-corrected chi connectivity index (χ3v) is 4.83. The second kappa shape index (κ2) is 5.65. The van der Waals surface area contributed by atoms with Crippen LogP contribution in [0.5, 0.6) is 11.5 Å². The monoisotopic (exact) mass is 339 g/mol. The molecular weight excluding hydrogens is 326 g/mol. The van der Waals surface area contributed by atoms with Crippen LogP contribution in [0.15, 0.2) is 41.8 Å². The van der Waals surface area contributed by atoms with Crippen molar-refractivity contribution in [1.29, 1.82) is 0 Å². The van der Waals surface area contributed by atoms with Crippen LogP contribution in [0.3, 0.4) is 0 Å². The number of carbonyl (C=O) groups excluding carboxylic acids is 2. The Bertz CT molecular complexity index is 976. The standard InChI is InChI=1S/C18H13NO4S/c1-10(20)12-6-15-16(23-9-22-15)7-14(12)19-18(21)13-8-24-17-5-3-2-4-11(13)17/h2-8H,9H2,1H3,(H,19,21). The van der Waals surface area contributed by atoms with E-state index in [1.165, 1.54) is 18.3 Å². The van der Waals surface area contributed by atoms with E-state index in [1.54, 1.807) is 12.1 Å². The number of amides is 1. The molecule has 0 unspecified atom stereocenters. The molecule has 0 aliphatic carbocycles. The van der Waals surface area contributed by atoms with Crippen LogP contribution in [0.2, 0.25) is 0 Å². The average Bonchev–Trinajstić information content (AvgIpc) is 3.20. The molecule has 1 aromatic heterocycles. The molecular formula is C18H13NO4S. The first-order valence-corrected chi connectivity index (χ1v) is 8.23. The van der Waals surface area contributed by atoms with Gasteiger partial charge in [-0.05, 0) is 19.1 Å². The summed E-state index contributed by atoms with van der Waals surface area (Å²) in [6.45, 7) is 1.56. The molecule has 0 fully saturated rings. The minimum atomic E-state index is -0.256. The van der Waals surface area contributed by atoms with Crippen molar-refractivity contribution in [2.75, 3.05) is 12.1 Å². The van der Waals surface area contributed by atoms with Crippen LogP contribution in [-0.4, -0.2) is 18.5 Å². The summed E-state index contributed by atoms with van der Waals surface area (Å²) < 4.78 is 11.7. The van der Waals surface area contributed by atoms with Crippen LogP contribution in [0.4, 0.5) is 5.69 Å². The minimum absolute atomic E-state index is 0.110. The number of ketones is 1. The highest BCUT2D eigenvalue weighted by atomic mass is 32.1. The van der Waals surface area contributed by atoms with Gasteiger partial charge >= 0.3 is 0 Å². The zero-order valence-electron chi connectivity index (χ0n) is 12.8. The number of hydrogen-bond acceptors (Lipinski definition) is 5. The molecule has 1 aliphatic rings. The fourth-order valence-electron chi connectivity index (χ4n) is 2.68. The molecule has 0 bridgehead atoms. The smallest absolute Gasteiger partial charge is 0.257 e. The fourth-order valence-corrected chi connectivity index (χ4v) is 3.62. The molecule has 1 aliphatic heterocycles. The number of thiophene rings is 1. The van der Waals surface area contributed by atoms with Crippen molar-refractivity contribution in [2.24, 2.45) is 0 Å². The van der Waals surface area contributed by atoms with E-state index in [-0.39, 0.29) is 18.5 Å². The van der Waals surface area contributed by atoms with Crippen molar-refractivity contribution in [3.05, 3.63) is 52.9 Å². The van der Waals surface area contributed by atoms with Gasteiger partial charge in [0, 0.05) is 27.1 Å². The second-order valence-electron chi connectivity index (χ2n) is 5.41. The van der Waals surface area contributed by atoms with Gasteiger partial charge in [-0.15, -0.1) is 11.3 Å². The molecule has 4 rings (SSSR count). The molecule has 0 atom stereocenters. The zero-order valence-corrected chi connectivity index (χ0v) is 13.6. The molecule has 0 spiro atoms. The molecule has 24 heavy (non-hydrogen) atoms. The van der Waals surface area contributed by atoms with Crippen molar-refractivity contribution >= 4 is 38.8 Å². The second-order valence-corrected chi connectivity index (χ2v) is 6.32. The van der Waals surface area contributed by atoms with Gasteiger partial charge in [0.05, 0.1) is 11.3 Å². The number of fused-ring (bicyclic) bond motifs is 2. The van der Waals surface area contributed by atoms with E-state index < -0.39 is 0 Å². The number of nitrogens with one attached hydrogen (secondary N) is 1. The van der Waals surface area contributed by atoms with E-state index in [9.17, 15) is 9.59 Å². The number of hydrogen-bond donors (Lipinski definition) is 1. The lowest BCUT2D eigenvalue weighted by molar-refractivity contribution is 0.101.